The van der Waals surface area contributed by atoms with Gasteiger partial charge in [0.2, 0.25) is 5.91 Å². The number of hydrogen-bond acceptors (Lipinski definition) is 4. The van der Waals surface area contributed by atoms with Gasteiger partial charge < -0.3 is 19.7 Å². The molecule has 0 saturated carbocycles. The maximum Gasteiger partial charge on any atom is 0.222 e. The average Bonchev–Trinajstić information content (AvgIpc) is 3.50. The van der Waals surface area contributed by atoms with Crippen LogP contribution in [0.5, 0.6) is 0 Å². The minimum Gasteiger partial charge on any atom is -0.356 e. The Hall–Kier alpha value is -2.17. The number of carbonyl (C=O) groups excluding carboxylic acids is 1. The summed E-state index contributed by atoms with van der Waals surface area (Å²) >= 11 is 0. The number of rotatable bonds is 8. The first-order valence-corrected chi connectivity index (χ1v) is 11.5. The quantitative estimate of drug-likeness (QED) is 0.310. The van der Waals surface area contributed by atoms with Crippen molar-refractivity contribution >= 4 is 41.5 Å². The molecule has 0 bridgehead atoms. The lowest BCUT2D eigenvalue weighted by Crippen LogP contribution is -2.41. The van der Waals surface area contributed by atoms with Gasteiger partial charge in [-0.25, -0.2) is 0 Å². The minimum atomic E-state index is 0. The number of aromatic nitrogens is 3. The molecule has 0 spiro atoms. The molecular weight excluding hydrogens is 517 g/mol. The van der Waals surface area contributed by atoms with Crippen molar-refractivity contribution in [3.8, 4) is 0 Å². The average molecular weight is 551 g/mol. The number of aliphatic imine (C=N–C) groups is 1. The molecule has 1 unspecified atom stereocenters. The second kappa shape index (κ2) is 11.6. The van der Waals surface area contributed by atoms with E-state index in [1.807, 2.05) is 4.90 Å². The highest BCUT2D eigenvalue weighted by molar-refractivity contribution is 14.0. The Morgan fingerprint density at radius 2 is 2.09 bits per heavy atom. The van der Waals surface area contributed by atoms with Crippen molar-refractivity contribution in [2.75, 3.05) is 37.6 Å². The Balaban J connectivity index is 0.00000289. The largest absolute Gasteiger partial charge is 0.356 e. The predicted molar refractivity (Wildman–Crippen MR) is 138 cm³/mol. The molecule has 32 heavy (non-hydrogen) atoms. The lowest BCUT2D eigenvalue weighted by atomic mass is 9.98. The second-order valence-corrected chi connectivity index (χ2v) is 8.17. The van der Waals surface area contributed by atoms with Crippen molar-refractivity contribution in [2.24, 2.45) is 4.99 Å². The molecule has 9 heteroatoms. The molecule has 174 valence electrons. The van der Waals surface area contributed by atoms with Gasteiger partial charge in [0, 0.05) is 57.2 Å². The number of amides is 1. The van der Waals surface area contributed by atoms with E-state index in [1.54, 1.807) is 6.33 Å². The van der Waals surface area contributed by atoms with E-state index in [-0.39, 0.29) is 24.0 Å². The van der Waals surface area contributed by atoms with Gasteiger partial charge in [-0.15, -0.1) is 34.2 Å². The maximum absolute atomic E-state index is 12.0. The summed E-state index contributed by atoms with van der Waals surface area (Å²) in [6.45, 7) is 9.07. The van der Waals surface area contributed by atoms with Crippen molar-refractivity contribution in [3.05, 3.63) is 42.0 Å². The first kappa shape index (κ1) is 24.5. The summed E-state index contributed by atoms with van der Waals surface area (Å²) in [6.07, 6.45) is 5.33. The van der Waals surface area contributed by atoms with E-state index < -0.39 is 0 Å². The van der Waals surface area contributed by atoms with Crippen molar-refractivity contribution in [2.45, 2.75) is 52.0 Å². The summed E-state index contributed by atoms with van der Waals surface area (Å²) in [4.78, 5) is 21.3. The Morgan fingerprint density at radius 1 is 1.25 bits per heavy atom. The van der Waals surface area contributed by atoms with Crippen LogP contribution in [0.25, 0.3) is 0 Å². The molecule has 2 aromatic rings. The number of hydrogen-bond donors (Lipinski definition) is 1. The third-order valence-electron chi connectivity index (χ3n) is 6.19. The zero-order valence-corrected chi connectivity index (χ0v) is 21.4. The molecule has 1 fully saturated rings. The van der Waals surface area contributed by atoms with Crippen LogP contribution in [-0.4, -0.2) is 64.3 Å². The summed E-state index contributed by atoms with van der Waals surface area (Å²) in [7, 11) is 0. The van der Waals surface area contributed by atoms with Crippen molar-refractivity contribution in [1.82, 2.24) is 25.0 Å². The molecule has 1 aromatic carbocycles. The fourth-order valence-corrected chi connectivity index (χ4v) is 4.59. The summed E-state index contributed by atoms with van der Waals surface area (Å²) in [5.74, 6) is 2.61. The number of aryl methyl sites for hydroxylation is 1. The molecule has 1 saturated heterocycles. The molecule has 1 amide bonds. The van der Waals surface area contributed by atoms with E-state index in [2.05, 4.69) is 63.1 Å². The van der Waals surface area contributed by atoms with Crippen molar-refractivity contribution < 1.29 is 4.79 Å². The Morgan fingerprint density at radius 3 is 2.84 bits per heavy atom. The number of anilines is 1. The third-order valence-corrected chi connectivity index (χ3v) is 6.19. The van der Waals surface area contributed by atoms with Crippen LogP contribution in [0.1, 0.15) is 50.4 Å². The SMILES string of the molecule is CCNC(=NCCn1cnnc1CC)N1CC(CCN2CCCC2=O)c2ccccc21.I. The van der Waals surface area contributed by atoms with Crippen LogP contribution < -0.4 is 10.2 Å². The smallest absolute Gasteiger partial charge is 0.222 e. The highest BCUT2D eigenvalue weighted by atomic mass is 127. The van der Waals surface area contributed by atoms with Crippen LogP contribution in [-0.2, 0) is 17.8 Å². The molecule has 8 nitrogen and oxygen atoms in total. The van der Waals surface area contributed by atoms with Gasteiger partial charge in [0.15, 0.2) is 5.96 Å². The normalized spacial score (nSPS) is 18.1. The van der Waals surface area contributed by atoms with E-state index in [9.17, 15) is 4.79 Å². The van der Waals surface area contributed by atoms with Crippen molar-refractivity contribution in [1.29, 1.82) is 0 Å². The number of para-hydroxylation sites is 1. The van der Waals surface area contributed by atoms with Gasteiger partial charge in [0.05, 0.1) is 6.54 Å². The van der Waals surface area contributed by atoms with Gasteiger partial charge in [0.1, 0.15) is 12.2 Å². The fourth-order valence-electron chi connectivity index (χ4n) is 4.59. The van der Waals surface area contributed by atoms with E-state index in [1.165, 1.54) is 11.3 Å². The number of guanidine groups is 1. The highest BCUT2D eigenvalue weighted by Crippen LogP contribution is 2.38. The number of likely N-dealkylation sites (tertiary alicyclic amines) is 1. The molecule has 2 aliphatic heterocycles. The van der Waals surface area contributed by atoms with E-state index in [4.69, 9.17) is 4.99 Å². The number of benzene rings is 1. The molecule has 4 rings (SSSR count). The van der Waals surface area contributed by atoms with Crippen LogP contribution in [0, 0.1) is 0 Å². The predicted octanol–water partition coefficient (Wildman–Crippen LogP) is 3.04. The van der Waals surface area contributed by atoms with E-state index >= 15 is 0 Å². The highest BCUT2D eigenvalue weighted by Gasteiger charge is 2.32. The minimum absolute atomic E-state index is 0. The standard InChI is InChI=1S/C23H33N7O.HI/c1-3-21-27-26-17-29(21)15-12-25-23(24-4-2)30-16-18(19-8-5-6-9-20(19)30)11-14-28-13-7-10-22(28)31;/h5-6,8-9,17-18H,3-4,7,10-16H2,1-2H3,(H,24,25);1H. The van der Waals surface area contributed by atoms with Crippen LogP contribution in [0.15, 0.2) is 35.6 Å². The summed E-state index contributed by atoms with van der Waals surface area (Å²) in [5.41, 5.74) is 2.57. The molecule has 1 N–H and O–H groups in total. The van der Waals surface area contributed by atoms with E-state index in [0.29, 0.717) is 24.8 Å². The van der Waals surface area contributed by atoms with Gasteiger partial charge in [-0.2, -0.15) is 0 Å². The van der Waals surface area contributed by atoms with Gasteiger partial charge in [0.25, 0.3) is 0 Å². The molecule has 3 heterocycles. The van der Waals surface area contributed by atoms with Crippen LogP contribution in [0.4, 0.5) is 5.69 Å². The number of halogens is 1. The zero-order chi connectivity index (χ0) is 21.6. The lowest BCUT2D eigenvalue weighted by Gasteiger charge is -2.23. The number of carbonyl (C=O) groups is 1. The number of nitrogens with one attached hydrogen (secondary N) is 1. The lowest BCUT2D eigenvalue weighted by molar-refractivity contribution is -0.127. The van der Waals surface area contributed by atoms with Gasteiger partial charge in [-0.3, -0.25) is 9.79 Å². The number of fused-ring (bicyclic) bond motifs is 1. The van der Waals surface area contributed by atoms with E-state index in [0.717, 1.165) is 63.8 Å². The molecule has 0 radical (unpaired) electrons. The first-order chi connectivity index (χ1) is 15.2. The Bertz CT molecular complexity index is 929. The van der Waals surface area contributed by atoms with Gasteiger partial charge in [-0.1, -0.05) is 25.1 Å². The molecule has 0 aliphatic carbocycles. The Labute approximate surface area is 207 Å². The fraction of sp³-hybridized carbons (Fsp3) is 0.565. The van der Waals surface area contributed by atoms with Gasteiger partial charge in [-0.05, 0) is 31.4 Å². The topological polar surface area (TPSA) is 78.7 Å². The first-order valence-electron chi connectivity index (χ1n) is 11.5. The number of nitrogens with zero attached hydrogens (tertiary/aromatic N) is 6. The molecule has 2 aliphatic rings. The summed E-state index contributed by atoms with van der Waals surface area (Å²) in [5, 5.41) is 11.6. The zero-order valence-electron chi connectivity index (χ0n) is 19.0. The van der Waals surface area contributed by atoms with Crippen LogP contribution in [0.3, 0.4) is 0 Å². The summed E-state index contributed by atoms with van der Waals surface area (Å²) < 4.78 is 2.07. The molecular formula is C23H34IN7O. The van der Waals surface area contributed by atoms with Gasteiger partial charge >= 0.3 is 0 Å². The summed E-state index contributed by atoms with van der Waals surface area (Å²) in [6, 6.07) is 8.60. The Kier molecular flexibility index (Phi) is 8.89. The molecule has 1 aromatic heterocycles. The monoisotopic (exact) mass is 551 g/mol. The third kappa shape index (κ3) is 5.41. The molecule has 1 atom stereocenters. The van der Waals surface area contributed by atoms with Crippen LogP contribution in [0.2, 0.25) is 0 Å². The maximum atomic E-state index is 12.0. The van der Waals surface area contributed by atoms with Crippen LogP contribution >= 0.6 is 24.0 Å². The second-order valence-electron chi connectivity index (χ2n) is 8.17. The van der Waals surface area contributed by atoms with Crippen molar-refractivity contribution in [3.63, 3.8) is 0 Å².